The topological polar surface area (TPSA) is 78.7 Å². The fourth-order valence-corrected chi connectivity index (χ4v) is 1.67. The number of esters is 1. The number of aryl methyl sites for hydroxylation is 2. The van der Waals surface area contributed by atoms with Crippen molar-refractivity contribution >= 4 is 11.7 Å². The van der Waals surface area contributed by atoms with Crippen LogP contribution in [0.5, 0.6) is 5.75 Å². The fourth-order valence-electron chi connectivity index (χ4n) is 1.67. The number of carbonyl (C=O) groups excluding carboxylic acids is 1. The van der Waals surface area contributed by atoms with Gasteiger partial charge in [-0.05, 0) is 31.9 Å². The Labute approximate surface area is 111 Å². The van der Waals surface area contributed by atoms with Crippen molar-refractivity contribution in [1.82, 2.24) is 0 Å². The van der Waals surface area contributed by atoms with Gasteiger partial charge in [-0.1, -0.05) is 0 Å². The van der Waals surface area contributed by atoms with Crippen molar-refractivity contribution in [1.29, 1.82) is 0 Å². The summed E-state index contributed by atoms with van der Waals surface area (Å²) < 4.78 is 9.97. The Hall–Kier alpha value is -2.11. The number of nitro groups is 1. The van der Waals surface area contributed by atoms with Gasteiger partial charge in [0.1, 0.15) is 5.75 Å². The largest absolute Gasteiger partial charge is 0.493 e. The molecule has 0 aromatic heterocycles. The summed E-state index contributed by atoms with van der Waals surface area (Å²) in [6.07, 6.45) is 0.775. The van der Waals surface area contributed by atoms with Crippen molar-refractivity contribution in [3.05, 3.63) is 33.4 Å². The minimum absolute atomic E-state index is 0.0357. The molecule has 0 saturated carbocycles. The maximum absolute atomic E-state index is 10.9. The number of benzene rings is 1. The van der Waals surface area contributed by atoms with Gasteiger partial charge in [-0.2, -0.15) is 0 Å². The Bertz CT molecular complexity index is 484. The van der Waals surface area contributed by atoms with Crippen LogP contribution in [0.15, 0.2) is 12.1 Å². The molecular weight excluding hydrogens is 250 g/mol. The summed E-state index contributed by atoms with van der Waals surface area (Å²) in [4.78, 5) is 21.3. The van der Waals surface area contributed by atoms with Crippen molar-refractivity contribution in [2.24, 2.45) is 0 Å². The third kappa shape index (κ3) is 4.24. The molecule has 6 heteroatoms. The average molecular weight is 267 g/mol. The number of ether oxygens (including phenoxy) is 2. The second-order valence-corrected chi connectivity index (χ2v) is 4.19. The highest BCUT2D eigenvalue weighted by atomic mass is 16.6. The minimum atomic E-state index is -0.434. The lowest BCUT2D eigenvalue weighted by Gasteiger charge is -2.09. The van der Waals surface area contributed by atoms with E-state index in [1.54, 1.807) is 13.0 Å². The summed E-state index contributed by atoms with van der Waals surface area (Å²) in [5, 5.41) is 10.8. The van der Waals surface area contributed by atoms with Crippen molar-refractivity contribution in [3.63, 3.8) is 0 Å². The molecule has 19 heavy (non-hydrogen) atoms. The molecule has 0 aliphatic carbocycles. The van der Waals surface area contributed by atoms with Crippen LogP contribution in [0.2, 0.25) is 0 Å². The molecule has 1 aromatic carbocycles. The molecule has 6 nitrogen and oxygen atoms in total. The van der Waals surface area contributed by atoms with E-state index < -0.39 is 4.92 Å². The first kappa shape index (κ1) is 14.9. The van der Waals surface area contributed by atoms with E-state index in [0.29, 0.717) is 24.3 Å². The summed E-state index contributed by atoms with van der Waals surface area (Å²) in [5.41, 5.74) is 1.47. The van der Waals surface area contributed by atoms with Gasteiger partial charge < -0.3 is 9.47 Å². The molecule has 1 aromatic rings. The van der Waals surface area contributed by atoms with Crippen LogP contribution in [0, 0.1) is 24.0 Å². The normalized spacial score (nSPS) is 10.1. The highest BCUT2D eigenvalue weighted by Gasteiger charge is 2.14. The van der Waals surface area contributed by atoms with Crippen LogP contribution in [0.25, 0.3) is 0 Å². The minimum Gasteiger partial charge on any atom is -0.493 e. The van der Waals surface area contributed by atoms with Crippen LogP contribution < -0.4 is 4.74 Å². The lowest BCUT2D eigenvalue weighted by Crippen LogP contribution is -2.05. The first-order valence-electron chi connectivity index (χ1n) is 5.91. The number of nitro benzene ring substituents is 1. The quantitative estimate of drug-likeness (QED) is 0.342. The molecule has 0 N–H and O–H groups in total. The Morgan fingerprint density at radius 3 is 2.58 bits per heavy atom. The molecule has 0 aliphatic rings. The van der Waals surface area contributed by atoms with Gasteiger partial charge in [-0.25, -0.2) is 0 Å². The zero-order valence-electron chi connectivity index (χ0n) is 11.3. The molecule has 0 bridgehead atoms. The van der Waals surface area contributed by atoms with Gasteiger partial charge in [0.25, 0.3) is 5.69 Å². The van der Waals surface area contributed by atoms with Crippen LogP contribution in [0.4, 0.5) is 5.69 Å². The number of hydrogen-bond donors (Lipinski definition) is 0. The zero-order chi connectivity index (χ0) is 14.4. The smallest absolute Gasteiger partial charge is 0.305 e. The number of nitrogens with zero attached hydrogens (tertiary/aromatic N) is 1. The van der Waals surface area contributed by atoms with Gasteiger partial charge in [0, 0.05) is 12.0 Å². The van der Waals surface area contributed by atoms with E-state index in [0.717, 1.165) is 5.56 Å². The molecular formula is C13H17NO5. The van der Waals surface area contributed by atoms with E-state index in [1.165, 1.54) is 13.2 Å². The number of hydrogen-bond acceptors (Lipinski definition) is 5. The van der Waals surface area contributed by atoms with Crippen LogP contribution in [-0.4, -0.2) is 24.6 Å². The molecule has 0 amide bonds. The lowest BCUT2D eigenvalue weighted by atomic mass is 10.1. The maximum Gasteiger partial charge on any atom is 0.305 e. The third-order valence-corrected chi connectivity index (χ3v) is 2.70. The van der Waals surface area contributed by atoms with Crippen molar-refractivity contribution in [2.75, 3.05) is 13.7 Å². The summed E-state index contributed by atoms with van der Waals surface area (Å²) >= 11 is 0. The van der Waals surface area contributed by atoms with Crippen molar-refractivity contribution < 1.29 is 19.2 Å². The summed E-state index contributed by atoms with van der Waals surface area (Å²) in [7, 11) is 1.33. The Morgan fingerprint density at radius 2 is 2.00 bits per heavy atom. The average Bonchev–Trinajstić information content (AvgIpc) is 2.35. The monoisotopic (exact) mass is 267 g/mol. The molecule has 0 atom stereocenters. The van der Waals surface area contributed by atoms with Gasteiger partial charge in [0.15, 0.2) is 0 Å². The van der Waals surface area contributed by atoms with Gasteiger partial charge >= 0.3 is 5.97 Å². The fraction of sp³-hybridized carbons (Fsp3) is 0.462. The molecule has 1 rings (SSSR count). The standard InChI is InChI=1S/C13H17NO5/c1-9-7-10(2)12(8-11(9)14(16)17)19-6-4-5-13(15)18-3/h7-8H,4-6H2,1-3H3. The SMILES string of the molecule is COC(=O)CCCOc1cc([N+](=O)[O-])c(C)cc1C. The van der Waals surface area contributed by atoms with Crippen LogP contribution in [-0.2, 0) is 9.53 Å². The predicted molar refractivity (Wildman–Crippen MR) is 69.3 cm³/mol. The Balaban J connectivity index is 2.65. The summed E-state index contributed by atoms with van der Waals surface area (Å²) in [5.74, 6) is 0.178. The van der Waals surface area contributed by atoms with Crippen LogP contribution >= 0.6 is 0 Å². The van der Waals surface area contributed by atoms with Crippen LogP contribution in [0.3, 0.4) is 0 Å². The van der Waals surface area contributed by atoms with Gasteiger partial charge in [0.05, 0.1) is 24.7 Å². The van der Waals surface area contributed by atoms with E-state index in [2.05, 4.69) is 4.74 Å². The van der Waals surface area contributed by atoms with Gasteiger partial charge in [-0.15, -0.1) is 0 Å². The van der Waals surface area contributed by atoms with E-state index in [4.69, 9.17) is 4.74 Å². The highest BCUT2D eigenvalue weighted by Crippen LogP contribution is 2.28. The molecule has 0 aliphatic heterocycles. The Morgan fingerprint density at radius 1 is 1.32 bits per heavy atom. The third-order valence-electron chi connectivity index (χ3n) is 2.70. The van der Waals surface area contributed by atoms with E-state index in [1.807, 2.05) is 6.92 Å². The highest BCUT2D eigenvalue weighted by molar-refractivity contribution is 5.69. The van der Waals surface area contributed by atoms with E-state index >= 15 is 0 Å². The molecule has 0 unspecified atom stereocenters. The molecule has 0 heterocycles. The lowest BCUT2D eigenvalue weighted by molar-refractivity contribution is -0.385. The molecule has 0 spiro atoms. The number of rotatable bonds is 6. The summed E-state index contributed by atoms with van der Waals surface area (Å²) in [6.45, 7) is 3.83. The summed E-state index contributed by atoms with van der Waals surface area (Å²) in [6, 6.07) is 3.14. The Kier molecular flexibility index (Phi) is 5.29. The van der Waals surface area contributed by atoms with Crippen LogP contribution in [0.1, 0.15) is 24.0 Å². The predicted octanol–water partition coefficient (Wildman–Crippen LogP) is 2.54. The molecule has 104 valence electrons. The van der Waals surface area contributed by atoms with E-state index in [-0.39, 0.29) is 18.1 Å². The van der Waals surface area contributed by atoms with Gasteiger partial charge in [-0.3, -0.25) is 14.9 Å². The van der Waals surface area contributed by atoms with Crippen molar-refractivity contribution in [3.8, 4) is 5.75 Å². The molecule has 0 fully saturated rings. The zero-order valence-corrected chi connectivity index (χ0v) is 11.3. The maximum atomic E-state index is 10.9. The first-order valence-corrected chi connectivity index (χ1v) is 5.91. The second-order valence-electron chi connectivity index (χ2n) is 4.19. The number of methoxy groups -OCH3 is 1. The first-order chi connectivity index (χ1) is 8.95. The van der Waals surface area contributed by atoms with E-state index in [9.17, 15) is 14.9 Å². The van der Waals surface area contributed by atoms with Gasteiger partial charge in [0.2, 0.25) is 0 Å². The number of carbonyl (C=O) groups is 1. The second kappa shape index (κ2) is 6.72. The van der Waals surface area contributed by atoms with Crippen molar-refractivity contribution in [2.45, 2.75) is 26.7 Å². The molecule has 0 saturated heterocycles. The molecule has 0 radical (unpaired) electrons.